The van der Waals surface area contributed by atoms with Crippen molar-refractivity contribution < 1.29 is 22.7 Å². The Morgan fingerprint density at radius 2 is 2.00 bits per heavy atom. The van der Waals surface area contributed by atoms with Gasteiger partial charge < -0.3 is 19.6 Å². The van der Waals surface area contributed by atoms with E-state index in [0.29, 0.717) is 11.3 Å². The predicted molar refractivity (Wildman–Crippen MR) is 82.1 cm³/mol. The van der Waals surface area contributed by atoms with E-state index < -0.39 is 18.2 Å². The van der Waals surface area contributed by atoms with Gasteiger partial charge in [-0.05, 0) is 24.6 Å². The van der Waals surface area contributed by atoms with Crippen molar-refractivity contribution in [3.8, 4) is 17.6 Å². The zero-order valence-corrected chi connectivity index (χ0v) is 13.0. The van der Waals surface area contributed by atoms with Crippen LogP contribution < -0.4 is 20.8 Å². The molecular weight excluding hydrogens is 334 g/mol. The standard InChI is InChI=1S/C17H12F2N2O4/c1-8-6-12-14(16(22)23-8)13(11(7-20)15(21)25-12)9-2-4-10(5-3-9)24-17(18)19/h2-6,13,17H,21H2,1H3/t13-/m0/s1. The summed E-state index contributed by atoms with van der Waals surface area (Å²) in [5.41, 5.74) is 5.79. The smallest absolute Gasteiger partial charge is 0.387 e. The normalized spacial score (nSPS) is 16.2. The molecule has 0 saturated carbocycles. The molecule has 128 valence electrons. The largest absolute Gasteiger partial charge is 0.440 e. The molecule has 2 heterocycles. The molecular formula is C17H12F2N2O4. The second-order valence-electron chi connectivity index (χ2n) is 5.29. The van der Waals surface area contributed by atoms with Crippen molar-refractivity contribution >= 4 is 0 Å². The van der Waals surface area contributed by atoms with Crippen LogP contribution in [0.25, 0.3) is 0 Å². The summed E-state index contributed by atoms with van der Waals surface area (Å²) in [5.74, 6) is -0.471. The molecule has 2 aromatic rings. The number of nitriles is 1. The first-order valence-electron chi connectivity index (χ1n) is 7.17. The second-order valence-corrected chi connectivity index (χ2v) is 5.29. The number of ether oxygens (including phenoxy) is 2. The third-order valence-corrected chi connectivity index (χ3v) is 3.70. The number of nitrogens with two attached hydrogens (primary N) is 1. The summed E-state index contributed by atoms with van der Waals surface area (Å²) >= 11 is 0. The minimum atomic E-state index is -2.95. The Kier molecular flexibility index (Phi) is 4.15. The molecule has 0 aliphatic carbocycles. The summed E-state index contributed by atoms with van der Waals surface area (Å²) in [6, 6.07) is 9.01. The van der Waals surface area contributed by atoms with Crippen molar-refractivity contribution in [2.75, 3.05) is 0 Å². The summed E-state index contributed by atoms with van der Waals surface area (Å²) in [5, 5.41) is 9.41. The van der Waals surface area contributed by atoms with Gasteiger partial charge in [-0.25, -0.2) is 4.79 Å². The number of aryl methyl sites for hydroxylation is 1. The van der Waals surface area contributed by atoms with Crippen LogP contribution in [0, 0.1) is 18.3 Å². The van der Waals surface area contributed by atoms with Crippen molar-refractivity contribution in [3.63, 3.8) is 0 Å². The fraction of sp³-hybridized carbons (Fsp3) is 0.176. The Hall–Kier alpha value is -3.34. The minimum Gasteiger partial charge on any atom is -0.440 e. The fourth-order valence-corrected chi connectivity index (χ4v) is 2.69. The number of nitrogens with zero attached hydrogens (tertiary/aromatic N) is 1. The third kappa shape index (κ3) is 3.04. The summed E-state index contributed by atoms with van der Waals surface area (Å²) in [6.07, 6.45) is 0. The van der Waals surface area contributed by atoms with Crippen LogP contribution in [0.15, 0.2) is 51.0 Å². The minimum absolute atomic E-state index is 0.0335. The maximum atomic E-state index is 12.3. The number of hydrogen-bond donors (Lipinski definition) is 1. The van der Waals surface area contributed by atoms with E-state index in [1.165, 1.54) is 30.3 Å². The van der Waals surface area contributed by atoms with E-state index in [1.54, 1.807) is 6.92 Å². The number of hydrogen-bond acceptors (Lipinski definition) is 6. The lowest BCUT2D eigenvalue weighted by Gasteiger charge is -2.25. The van der Waals surface area contributed by atoms with Crippen molar-refractivity contribution in [2.24, 2.45) is 5.73 Å². The van der Waals surface area contributed by atoms with Gasteiger partial charge in [-0.15, -0.1) is 0 Å². The molecule has 1 aromatic heterocycles. The SMILES string of the molecule is Cc1cc2c(c(=O)o1)[C@@H](c1ccc(OC(F)F)cc1)C(C#N)=C(N)O2. The van der Waals surface area contributed by atoms with Gasteiger partial charge >= 0.3 is 12.2 Å². The first-order chi connectivity index (χ1) is 11.9. The first-order valence-corrected chi connectivity index (χ1v) is 7.17. The van der Waals surface area contributed by atoms with Crippen LogP contribution in [-0.2, 0) is 0 Å². The number of benzene rings is 1. The molecule has 0 unspecified atom stereocenters. The third-order valence-electron chi connectivity index (χ3n) is 3.70. The molecule has 0 radical (unpaired) electrons. The molecule has 1 atom stereocenters. The van der Waals surface area contributed by atoms with Crippen LogP contribution in [0.5, 0.6) is 11.5 Å². The highest BCUT2D eigenvalue weighted by atomic mass is 19.3. The molecule has 2 N–H and O–H groups in total. The zero-order valence-electron chi connectivity index (χ0n) is 13.0. The van der Waals surface area contributed by atoms with Crippen molar-refractivity contribution in [2.45, 2.75) is 19.5 Å². The van der Waals surface area contributed by atoms with Crippen molar-refractivity contribution in [1.29, 1.82) is 5.26 Å². The molecule has 1 aromatic carbocycles. The molecule has 0 fully saturated rings. The van der Waals surface area contributed by atoms with Gasteiger partial charge in [-0.1, -0.05) is 12.1 Å². The van der Waals surface area contributed by atoms with Crippen LogP contribution in [0.4, 0.5) is 8.78 Å². The molecule has 0 saturated heterocycles. The van der Waals surface area contributed by atoms with E-state index >= 15 is 0 Å². The summed E-state index contributed by atoms with van der Waals surface area (Å²) < 4.78 is 39.3. The lowest BCUT2D eigenvalue weighted by Crippen LogP contribution is -2.26. The van der Waals surface area contributed by atoms with E-state index in [9.17, 15) is 18.8 Å². The molecule has 0 bridgehead atoms. The van der Waals surface area contributed by atoms with Crippen molar-refractivity contribution in [1.82, 2.24) is 0 Å². The molecule has 1 aliphatic heterocycles. The topological polar surface area (TPSA) is 98.5 Å². The van der Waals surface area contributed by atoms with Gasteiger partial charge in [0.25, 0.3) is 0 Å². The summed E-state index contributed by atoms with van der Waals surface area (Å²) in [4.78, 5) is 12.3. The Morgan fingerprint density at radius 1 is 1.32 bits per heavy atom. The number of alkyl halides is 2. The van der Waals surface area contributed by atoms with Gasteiger partial charge in [0.15, 0.2) is 0 Å². The predicted octanol–water partition coefficient (Wildman–Crippen LogP) is 2.77. The van der Waals surface area contributed by atoms with Crippen LogP contribution in [0.2, 0.25) is 0 Å². The number of allylic oxidation sites excluding steroid dienone is 1. The Balaban J connectivity index is 2.14. The van der Waals surface area contributed by atoms with Crippen LogP contribution in [-0.4, -0.2) is 6.61 Å². The van der Waals surface area contributed by atoms with E-state index in [2.05, 4.69) is 4.74 Å². The average molecular weight is 346 g/mol. The van der Waals surface area contributed by atoms with E-state index in [0.717, 1.165) is 0 Å². The number of rotatable bonds is 3. The Bertz CT molecular complexity index is 943. The van der Waals surface area contributed by atoms with E-state index in [4.69, 9.17) is 14.9 Å². The maximum absolute atomic E-state index is 12.3. The number of fused-ring (bicyclic) bond motifs is 1. The highest BCUT2D eigenvalue weighted by Crippen LogP contribution is 2.40. The quantitative estimate of drug-likeness (QED) is 0.917. The van der Waals surface area contributed by atoms with Gasteiger partial charge in [0, 0.05) is 6.07 Å². The molecule has 1 aliphatic rings. The zero-order chi connectivity index (χ0) is 18.1. The number of halogens is 2. The lowest BCUT2D eigenvalue weighted by molar-refractivity contribution is -0.0498. The van der Waals surface area contributed by atoms with Gasteiger partial charge in [0.1, 0.15) is 28.9 Å². The second kappa shape index (κ2) is 6.28. The highest BCUT2D eigenvalue weighted by molar-refractivity contribution is 5.54. The van der Waals surface area contributed by atoms with Crippen LogP contribution >= 0.6 is 0 Å². The van der Waals surface area contributed by atoms with Crippen molar-refractivity contribution in [3.05, 3.63) is 69.1 Å². The molecule has 6 nitrogen and oxygen atoms in total. The monoisotopic (exact) mass is 346 g/mol. The van der Waals surface area contributed by atoms with Crippen LogP contribution in [0.1, 0.15) is 22.8 Å². The van der Waals surface area contributed by atoms with Gasteiger partial charge in [0.05, 0.1) is 11.5 Å². The highest BCUT2D eigenvalue weighted by Gasteiger charge is 2.34. The molecule has 8 heteroatoms. The molecule has 0 amide bonds. The summed E-state index contributed by atoms with van der Waals surface area (Å²) in [7, 11) is 0. The van der Waals surface area contributed by atoms with E-state index in [-0.39, 0.29) is 28.5 Å². The lowest BCUT2D eigenvalue weighted by atomic mass is 9.84. The maximum Gasteiger partial charge on any atom is 0.387 e. The molecule has 0 spiro atoms. The molecule has 25 heavy (non-hydrogen) atoms. The average Bonchev–Trinajstić information content (AvgIpc) is 2.53. The van der Waals surface area contributed by atoms with E-state index in [1.807, 2.05) is 6.07 Å². The molecule has 3 rings (SSSR count). The summed E-state index contributed by atoms with van der Waals surface area (Å²) in [6.45, 7) is -1.37. The van der Waals surface area contributed by atoms with Gasteiger partial charge in [-0.3, -0.25) is 0 Å². The van der Waals surface area contributed by atoms with Crippen LogP contribution in [0.3, 0.4) is 0 Å². The Morgan fingerprint density at radius 3 is 2.60 bits per heavy atom. The Labute approximate surface area is 140 Å². The van der Waals surface area contributed by atoms with Gasteiger partial charge in [-0.2, -0.15) is 14.0 Å². The fourth-order valence-electron chi connectivity index (χ4n) is 2.69. The van der Waals surface area contributed by atoms with Gasteiger partial charge in [0.2, 0.25) is 5.88 Å². The first kappa shape index (κ1) is 16.5.